The monoisotopic (exact) mass is 1270 g/mol. The average Bonchev–Trinajstić information content (AvgIpc) is 1.91. The minimum Gasteiger partial charge on any atom is -0.394 e. The van der Waals surface area contributed by atoms with Crippen molar-refractivity contribution >= 4 is 37.4 Å². The van der Waals surface area contributed by atoms with Gasteiger partial charge in [-0.1, -0.05) is 20.8 Å². The molecule has 0 saturated carbocycles. The Labute approximate surface area is 501 Å². The lowest BCUT2D eigenvalue weighted by Crippen LogP contribution is -2.58. The summed E-state index contributed by atoms with van der Waals surface area (Å²) in [4.78, 5) is 74.9. The molecule has 0 radical (unpaired) electrons. The number of ether oxygens (including phenoxy) is 9. The van der Waals surface area contributed by atoms with Gasteiger partial charge in [0.05, 0.1) is 110 Å². The van der Waals surface area contributed by atoms with Crippen LogP contribution in [0.25, 0.3) is 0 Å². The lowest BCUT2D eigenvalue weighted by Gasteiger charge is -2.40. The van der Waals surface area contributed by atoms with Gasteiger partial charge in [-0.25, -0.2) is 4.57 Å². The number of carbonyl (C=O) groups is 5. The molecule has 0 aromatic heterocycles. The molecule has 0 spiro atoms. The minimum absolute atomic E-state index is 0.0139. The molecule has 15 N–H and O–H groups in total. The summed E-state index contributed by atoms with van der Waals surface area (Å²) >= 11 is 0. The summed E-state index contributed by atoms with van der Waals surface area (Å²) < 4.78 is 73.5. The first-order valence-electron chi connectivity index (χ1n) is 29.4. The SMILES string of the molecule is CC(C)OP(=O)(O)OCCCNC(=O)CCCC(=O)NC(COCCC(=O)NCCCO[C@@H]1OC(CO)[C@H](O)C(O)[C@@H]1C)(COCCC(=O)NCCCO[C@@H]1OC(CO)[C@H](O)C(O)[C@@H]1C)COCCC(=O)NCCO[C@@H]1OC(CO)[C@H](O)C(O)[C@@H]1C. The van der Waals surface area contributed by atoms with Crippen molar-refractivity contribution in [1.29, 1.82) is 0 Å². The maximum absolute atomic E-state index is 13.7. The van der Waals surface area contributed by atoms with E-state index >= 15 is 0 Å². The van der Waals surface area contributed by atoms with Gasteiger partial charge < -0.3 is 120 Å². The number of aliphatic hydroxyl groups excluding tert-OH is 9. The van der Waals surface area contributed by atoms with Crippen LogP contribution in [0.5, 0.6) is 0 Å². The van der Waals surface area contributed by atoms with Gasteiger partial charge in [0, 0.05) is 76.0 Å². The van der Waals surface area contributed by atoms with Crippen molar-refractivity contribution in [3.63, 3.8) is 0 Å². The molecule has 3 saturated heterocycles. The lowest BCUT2D eigenvalue weighted by molar-refractivity contribution is -0.282. The summed E-state index contributed by atoms with van der Waals surface area (Å²) in [5.41, 5.74) is -1.52. The number of aliphatic hydroxyl groups is 9. The molecule has 3 aliphatic rings. The number of carbonyl (C=O) groups excluding carboxylic acids is 5. The Morgan fingerprint density at radius 3 is 1.17 bits per heavy atom. The van der Waals surface area contributed by atoms with Gasteiger partial charge in [0.15, 0.2) is 18.9 Å². The van der Waals surface area contributed by atoms with E-state index in [0.29, 0.717) is 12.8 Å². The summed E-state index contributed by atoms with van der Waals surface area (Å²) in [5, 5.41) is 104. The molecule has 3 heterocycles. The van der Waals surface area contributed by atoms with E-state index in [1.165, 1.54) is 0 Å². The van der Waals surface area contributed by atoms with Gasteiger partial charge >= 0.3 is 7.82 Å². The predicted octanol–water partition coefficient (Wildman–Crippen LogP) is -4.32. The van der Waals surface area contributed by atoms with Crippen molar-refractivity contribution in [2.24, 2.45) is 17.8 Å². The highest BCUT2D eigenvalue weighted by molar-refractivity contribution is 7.47. The van der Waals surface area contributed by atoms with Gasteiger partial charge in [-0.2, -0.15) is 0 Å². The second-order valence-corrected chi connectivity index (χ2v) is 23.2. The van der Waals surface area contributed by atoms with Crippen LogP contribution < -0.4 is 26.6 Å². The molecule has 3 rings (SSSR count). The summed E-state index contributed by atoms with van der Waals surface area (Å²) in [6.07, 6.45) is -13.7. The second kappa shape index (κ2) is 41.2. The fourth-order valence-corrected chi connectivity index (χ4v) is 9.98. The van der Waals surface area contributed by atoms with E-state index in [0.717, 1.165) is 0 Å². The smallest absolute Gasteiger partial charge is 0.394 e. The van der Waals surface area contributed by atoms with Crippen LogP contribution in [0.15, 0.2) is 0 Å². The van der Waals surface area contributed by atoms with E-state index in [-0.39, 0.29) is 137 Å². The van der Waals surface area contributed by atoms with Crippen LogP contribution in [0, 0.1) is 17.8 Å². The van der Waals surface area contributed by atoms with Crippen LogP contribution in [-0.4, -0.2) is 278 Å². The van der Waals surface area contributed by atoms with Crippen LogP contribution in [0.2, 0.25) is 0 Å². The quantitative estimate of drug-likeness (QED) is 0.0203. The molecule has 0 bridgehead atoms. The van der Waals surface area contributed by atoms with Crippen molar-refractivity contribution in [3.05, 3.63) is 0 Å². The van der Waals surface area contributed by atoms with Gasteiger partial charge in [0.1, 0.15) is 42.2 Å². The van der Waals surface area contributed by atoms with E-state index < -0.39 is 160 Å². The number of nitrogens with one attached hydrogen (secondary N) is 5. The molecule has 33 heteroatoms. The molecule has 16 atom stereocenters. The number of hydrogen-bond donors (Lipinski definition) is 15. The largest absolute Gasteiger partial charge is 0.472 e. The zero-order chi connectivity index (χ0) is 63.8. The van der Waals surface area contributed by atoms with E-state index in [2.05, 4.69) is 26.6 Å². The van der Waals surface area contributed by atoms with Crippen molar-refractivity contribution < 1.29 is 131 Å². The molecule has 5 amide bonds. The number of amides is 5. The number of phosphoric ester groups is 1. The van der Waals surface area contributed by atoms with Crippen molar-refractivity contribution in [2.45, 2.75) is 178 Å². The first kappa shape index (κ1) is 77.0. The topological polar surface area (TPSA) is 466 Å². The van der Waals surface area contributed by atoms with Gasteiger partial charge in [-0.15, -0.1) is 0 Å². The highest BCUT2D eigenvalue weighted by atomic mass is 31.2. The molecule has 502 valence electrons. The van der Waals surface area contributed by atoms with Gasteiger partial charge in [0.2, 0.25) is 29.5 Å². The second-order valence-electron chi connectivity index (χ2n) is 21.8. The van der Waals surface area contributed by atoms with Gasteiger partial charge in [-0.05, 0) is 39.5 Å². The van der Waals surface area contributed by atoms with Crippen LogP contribution in [-0.2, 0) is 80.2 Å². The lowest BCUT2D eigenvalue weighted by atomic mass is 9.92. The maximum Gasteiger partial charge on any atom is 0.472 e. The van der Waals surface area contributed by atoms with Crippen LogP contribution in [0.1, 0.15) is 92.4 Å². The Morgan fingerprint density at radius 1 is 0.465 bits per heavy atom. The fourth-order valence-electron chi connectivity index (χ4n) is 9.03. The zero-order valence-electron chi connectivity index (χ0n) is 50.0. The third kappa shape index (κ3) is 28.3. The highest BCUT2D eigenvalue weighted by Gasteiger charge is 2.45. The Balaban J connectivity index is 1.63. The molecule has 3 aliphatic heterocycles. The van der Waals surface area contributed by atoms with Crippen molar-refractivity contribution in [2.75, 3.05) is 112 Å². The van der Waals surface area contributed by atoms with Crippen molar-refractivity contribution in [3.8, 4) is 0 Å². The normalized spacial score (nSPS) is 29.1. The molecule has 3 fully saturated rings. The summed E-state index contributed by atoms with van der Waals surface area (Å²) in [5.74, 6) is -4.09. The van der Waals surface area contributed by atoms with E-state index in [4.69, 9.17) is 51.7 Å². The van der Waals surface area contributed by atoms with Crippen molar-refractivity contribution in [1.82, 2.24) is 26.6 Å². The zero-order valence-corrected chi connectivity index (χ0v) is 50.9. The molecule has 86 heavy (non-hydrogen) atoms. The Kier molecular flexibility index (Phi) is 36.9. The molecule has 7 unspecified atom stereocenters. The van der Waals surface area contributed by atoms with Crippen LogP contribution in [0.4, 0.5) is 0 Å². The summed E-state index contributed by atoms with van der Waals surface area (Å²) in [6.45, 7) is 5.36. The molecule has 32 nitrogen and oxygen atoms in total. The van der Waals surface area contributed by atoms with Crippen LogP contribution >= 0.6 is 7.82 Å². The summed E-state index contributed by atoms with van der Waals surface area (Å²) in [7, 11) is -4.26. The third-order valence-electron chi connectivity index (χ3n) is 14.1. The number of rotatable bonds is 44. The Bertz CT molecular complexity index is 1930. The summed E-state index contributed by atoms with van der Waals surface area (Å²) in [6, 6.07) is 0. The molecular weight excluding hydrogens is 1170 g/mol. The Hall–Kier alpha value is -3.26. The number of phosphoric acid groups is 1. The first-order chi connectivity index (χ1) is 40.9. The minimum atomic E-state index is -4.26. The number of hydrogen-bond acceptors (Lipinski definition) is 26. The first-order valence-corrected chi connectivity index (χ1v) is 30.9. The predicted molar refractivity (Wildman–Crippen MR) is 298 cm³/mol. The molecule has 0 aliphatic carbocycles. The fraction of sp³-hybridized carbons (Fsp3) is 0.906. The average molecular weight is 1270 g/mol. The van der Waals surface area contributed by atoms with E-state index in [1.54, 1.807) is 34.6 Å². The standard InChI is InChI=1S/C53H98N5O27P/c1-32(2)85-86(73,74)81-21-9-17-54-39(62)10-6-11-43(66)58-53(31-77-24-14-42(65)57-18-25-80-52-35(5)46(69)49(72)38(28-61)84-52,29-75-22-12-40(63)55-15-7-19-78-50-33(3)44(67)47(70)36(26-59)82-50)30-76-23-13-41(64)56-16-8-20-79-51-34(4)45(68)48(71)37(27-60)83-51/h32-38,44-52,59-61,67-72H,6-31H2,1-5H3,(H,54,62)(H,55,63)(H,56,64)(H,57,65)(H,58,66)(H,73,74)/t33-,34-,35-,36?,37?,38?,44?,45?,46?,47-,48-,49-,50+,51+,52+,53?/m0/s1. The highest BCUT2D eigenvalue weighted by Crippen LogP contribution is 2.44. The van der Waals surface area contributed by atoms with Gasteiger partial charge in [0.25, 0.3) is 0 Å². The molecular formula is C53H98N5O27P. The van der Waals surface area contributed by atoms with Crippen LogP contribution in [0.3, 0.4) is 0 Å². The molecule has 0 aromatic carbocycles. The maximum atomic E-state index is 13.7. The third-order valence-corrected chi connectivity index (χ3v) is 15.3. The Morgan fingerprint density at radius 2 is 0.802 bits per heavy atom. The molecule has 0 aromatic rings. The van der Waals surface area contributed by atoms with E-state index in [9.17, 15) is 79.4 Å². The van der Waals surface area contributed by atoms with E-state index in [1.807, 2.05) is 0 Å². The van der Waals surface area contributed by atoms with Gasteiger partial charge in [-0.3, -0.25) is 33.0 Å².